The van der Waals surface area contributed by atoms with Gasteiger partial charge in [0, 0.05) is 24.6 Å². The van der Waals surface area contributed by atoms with Crippen molar-refractivity contribution in [1.29, 1.82) is 0 Å². The van der Waals surface area contributed by atoms with Gasteiger partial charge in [-0.1, -0.05) is 18.2 Å². The number of benzene rings is 3. The molecular weight excluding hydrogens is 612 g/mol. The Morgan fingerprint density at radius 1 is 0.596 bits per heavy atom. The molecule has 0 saturated carbocycles. The third-order valence-electron chi connectivity index (χ3n) is 6.66. The lowest BCUT2D eigenvalue weighted by Crippen LogP contribution is -2.34. The van der Waals surface area contributed by atoms with Crippen LogP contribution in [0.5, 0.6) is 34.5 Å². The van der Waals surface area contributed by atoms with Crippen LogP contribution < -0.4 is 28.4 Å². The molecule has 0 aliphatic heterocycles. The van der Waals surface area contributed by atoms with E-state index in [0.29, 0.717) is 51.2 Å². The van der Waals surface area contributed by atoms with Gasteiger partial charge in [-0.25, -0.2) is 9.59 Å². The van der Waals surface area contributed by atoms with E-state index in [-0.39, 0.29) is 6.61 Å². The number of carbonyl (C=O) groups excluding carboxylic acids is 3. The van der Waals surface area contributed by atoms with Gasteiger partial charge in [0.25, 0.3) is 0 Å². The molecule has 3 aromatic carbocycles. The van der Waals surface area contributed by atoms with Crippen molar-refractivity contribution in [3.8, 4) is 34.5 Å². The molecule has 12 nitrogen and oxygen atoms in total. The highest BCUT2D eigenvalue weighted by atomic mass is 16.6. The second-order valence-electron chi connectivity index (χ2n) is 9.65. The lowest BCUT2D eigenvalue weighted by molar-refractivity contribution is -0.145. The molecule has 12 heteroatoms. The maximum atomic E-state index is 12.0. The molecule has 0 aliphatic carbocycles. The van der Waals surface area contributed by atoms with Crippen LogP contribution in [0.4, 0.5) is 0 Å². The van der Waals surface area contributed by atoms with Crippen LogP contribution in [0.25, 0.3) is 12.2 Å². The van der Waals surface area contributed by atoms with Crippen molar-refractivity contribution < 1.29 is 57.0 Å². The molecule has 2 unspecified atom stereocenters. The summed E-state index contributed by atoms with van der Waals surface area (Å²) < 4.78 is 50.0. The van der Waals surface area contributed by atoms with Crippen molar-refractivity contribution in [2.24, 2.45) is 0 Å². The second kappa shape index (κ2) is 17.7. The minimum absolute atomic E-state index is 0.218. The van der Waals surface area contributed by atoms with Crippen LogP contribution >= 0.6 is 0 Å². The fourth-order valence-electron chi connectivity index (χ4n) is 4.31. The summed E-state index contributed by atoms with van der Waals surface area (Å²) in [6.45, 7) is 1.07. The number of hydrogen-bond donors (Lipinski definition) is 0. The van der Waals surface area contributed by atoms with Crippen molar-refractivity contribution in [2.45, 2.75) is 19.1 Å². The van der Waals surface area contributed by atoms with Crippen LogP contribution in [0.2, 0.25) is 0 Å². The molecule has 0 fully saturated rings. The monoisotopic (exact) mass is 650 g/mol. The zero-order chi connectivity index (χ0) is 34.3. The molecule has 0 spiro atoms. The Morgan fingerprint density at radius 3 is 1.53 bits per heavy atom. The van der Waals surface area contributed by atoms with Crippen LogP contribution in [-0.4, -0.2) is 73.3 Å². The zero-order valence-electron chi connectivity index (χ0n) is 27.3. The molecule has 3 aromatic rings. The van der Waals surface area contributed by atoms with Gasteiger partial charge in [-0.15, -0.1) is 0 Å². The Kier molecular flexibility index (Phi) is 13.5. The topological polar surface area (TPSA) is 134 Å². The van der Waals surface area contributed by atoms with E-state index < -0.39 is 30.1 Å². The lowest BCUT2D eigenvalue weighted by atomic mass is 10.0. The van der Waals surface area contributed by atoms with Gasteiger partial charge >= 0.3 is 17.9 Å². The smallest absolute Gasteiger partial charge is 0.330 e. The average molecular weight is 651 g/mol. The third-order valence-corrected chi connectivity index (χ3v) is 6.66. The Labute approximate surface area is 273 Å². The van der Waals surface area contributed by atoms with Crippen LogP contribution in [0.1, 0.15) is 29.7 Å². The maximum absolute atomic E-state index is 12.0. The van der Waals surface area contributed by atoms with Gasteiger partial charge in [0.05, 0.1) is 42.7 Å². The summed E-state index contributed by atoms with van der Waals surface area (Å²) in [5.41, 5.74) is 1.89. The minimum Gasteiger partial charge on any atom is -0.493 e. The Bertz CT molecular complexity index is 1590. The first kappa shape index (κ1) is 35.8. The van der Waals surface area contributed by atoms with Crippen molar-refractivity contribution >= 4 is 30.1 Å². The molecule has 0 aromatic heterocycles. The molecule has 3 rings (SSSR count). The summed E-state index contributed by atoms with van der Waals surface area (Å²) >= 11 is 0. The number of ether oxygens (including phenoxy) is 9. The van der Waals surface area contributed by atoms with E-state index in [2.05, 4.69) is 9.47 Å². The van der Waals surface area contributed by atoms with Crippen molar-refractivity contribution in [3.63, 3.8) is 0 Å². The summed E-state index contributed by atoms with van der Waals surface area (Å²) in [6, 6.07) is 15.4. The van der Waals surface area contributed by atoms with Crippen LogP contribution in [-0.2, 0) is 28.6 Å². The first-order chi connectivity index (χ1) is 22.6. The van der Waals surface area contributed by atoms with Crippen molar-refractivity contribution in [3.05, 3.63) is 83.4 Å². The van der Waals surface area contributed by atoms with E-state index in [0.717, 1.165) is 0 Å². The predicted octanol–water partition coefficient (Wildman–Crippen LogP) is 5.22. The highest BCUT2D eigenvalue weighted by molar-refractivity contribution is 5.87. The summed E-state index contributed by atoms with van der Waals surface area (Å²) in [4.78, 5) is 35.2. The Hall–Kier alpha value is -5.65. The average Bonchev–Trinajstić information content (AvgIpc) is 3.10. The van der Waals surface area contributed by atoms with E-state index in [9.17, 15) is 14.4 Å². The van der Waals surface area contributed by atoms with Crippen LogP contribution in [0.3, 0.4) is 0 Å². The molecule has 0 heterocycles. The first-order valence-corrected chi connectivity index (χ1v) is 14.2. The largest absolute Gasteiger partial charge is 0.493 e. The van der Waals surface area contributed by atoms with Crippen molar-refractivity contribution in [2.75, 3.05) is 49.3 Å². The third kappa shape index (κ3) is 10.2. The normalized spacial score (nSPS) is 12.1. The molecule has 0 radical (unpaired) electrons. The summed E-state index contributed by atoms with van der Waals surface area (Å²) in [6.07, 6.45) is 3.83. The van der Waals surface area contributed by atoms with Gasteiger partial charge in [0.1, 0.15) is 6.61 Å². The molecule has 250 valence electrons. The summed E-state index contributed by atoms with van der Waals surface area (Å²) in [5, 5.41) is 0. The van der Waals surface area contributed by atoms with Crippen LogP contribution in [0, 0.1) is 0 Å². The fourth-order valence-corrected chi connectivity index (χ4v) is 4.31. The predicted molar refractivity (Wildman–Crippen MR) is 172 cm³/mol. The summed E-state index contributed by atoms with van der Waals surface area (Å²) in [5.74, 6) is 0.708. The number of hydrogen-bond acceptors (Lipinski definition) is 12. The van der Waals surface area contributed by atoms with Gasteiger partial charge < -0.3 is 42.6 Å². The minimum atomic E-state index is -0.953. The number of methoxy groups -OCH3 is 6. The number of esters is 3. The fraction of sp³-hybridized carbons (Fsp3) is 0.286. The van der Waals surface area contributed by atoms with E-state index in [1.54, 1.807) is 66.7 Å². The quantitative estimate of drug-likeness (QED) is 0.114. The molecular formula is C35H38O12. The van der Waals surface area contributed by atoms with E-state index >= 15 is 0 Å². The second-order valence-corrected chi connectivity index (χ2v) is 9.65. The maximum Gasteiger partial charge on any atom is 0.330 e. The van der Waals surface area contributed by atoms with E-state index in [1.807, 2.05) is 0 Å². The molecule has 47 heavy (non-hydrogen) atoms. The highest BCUT2D eigenvalue weighted by Crippen LogP contribution is 2.39. The first-order valence-electron chi connectivity index (χ1n) is 14.2. The van der Waals surface area contributed by atoms with Gasteiger partial charge in [-0.05, 0) is 59.7 Å². The van der Waals surface area contributed by atoms with E-state index in [1.165, 1.54) is 61.7 Å². The highest BCUT2D eigenvalue weighted by Gasteiger charge is 2.31. The Morgan fingerprint density at radius 2 is 1.06 bits per heavy atom. The standard InChI is InChI=1S/C35H38O12/c1-22(36)45-21-32(46-27-13-8-23(18-29(27)40-3)10-16-33(37)43-6)35(25-12-15-26(39-2)31(20-25)42-5)47-28-14-9-24(19-30(28)41-4)11-17-34(38)44-7/h8-20,32,35H,21H2,1-7H3/b16-10+,17-11+. The van der Waals surface area contributed by atoms with Gasteiger partial charge in [0.15, 0.2) is 46.7 Å². The zero-order valence-corrected chi connectivity index (χ0v) is 27.3. The van der Waals surface area contributed by atoms with Crippen molar-refractivity contribution in [1.82, 2.24) is 0 Å². The number of carbonyl (C=O) groups is 3. The van der Waals surface area contributed by atoms with Gasteiger partial charge in [-0.3, -0.25) is 4.79 Å². The molecule has 0 N–H and O–H groups in total. The SMILES string of the molecule is COC(=O)/C=C/c1ccc(OC(COC(C)=O)C(Oc2ccc(/C=C/C(=O)OC)cc2OC)c2ccc(OC)c(OC)c2)c(OC)c1. The van der Waals surface area contributed by atoms with E-state index in [4.69, 9.17) is 33.2 Å². The molecule has 0 aliphatic rings. The van der Waals surface area contributed by atoms with Crippen LogP contribution in [0.15, 0.2) is 66.7 Å². The Balaban J connectivity index is 2.12. The molecule has 0 bridgehead atoms. The van der Waals surface area contributed by atoms with Gasteiger partial charge in [0.2, 0.25) is 0 Å². The lowest BCUT2D eigenvalue weighted by Gasteiger charge is -2.30. The summed E-state index contributed by atoms with van der Waals surface area (Å²) in [7, 11) is 8.57. The molecule has 0 saturated heterocycles. The molecule has 2 atom stereocenters. The van der Waals surface area contributed by atoms with Gasteiger partial charge in [-0.2, -0.15) is 0 Å². The molecule has 0 amide bonds. The number of rotatable bonds is 16.